The molecule has 0 fully saturated rings. The first-order chi connectivity index (χ1) is 11.4. The Labute approximate surface area is 140 Å². The number of benzene rings is 2. The number of rotatable bonds is 8. The van der Waals surface area contributed by atoms with Gasteiger partial charge in [-0.2, -0.15) is 0 Å². The lowest BCUT2D eigenvalue weighted by molar-refractivity contribution is 0.0697. The van der Waals surface area contributed by atoms with Gasteiger partial charge in [0.05, 0.1) is 17.1 Å². The fourth-order valence-corrected chi connectivity index (χ4v) is 3.11. The average Bonchev–Trinajstić information content (AvgIpc) is 2.59. The molecule has 0 aliphatic carbocycles. The summed E-state index contributed by atoms with van der Waals surface area (Å²) in [5.41, 5.74) is 0.866. The number of aliphatic hydroxyl groups is 1. The Hall–Kier alpha value is -2.42. The number of aromatic carboxylic acids is 1. The molecule has 24 heavy (non-hydrogen) atoms. The minimum absolute atomic E-state index is 0.107. The first-order valence-electron chi connectivity index (χ1n) is 7.19. The van der Waals surface area contributed by atoms with Gasteiger partial charge in [-0.3, -0.25) is 0 Å². The molecule has 0 aromatic heterocycles. The summed E-state index contributed by atoms with van der Waals surface area (Å²) in [6, 6.07) is 12.8. The summed E-state index contributed by atoms with van der Waals surface area (Å²) in [5.74, 6) is -1.25. The van der Waals surface area contributed by atoms with Gasteiger partial charge >= 0.3 is 5.97 Å². The molecule has 2 rings (SSSR count). The van der Waals surface area contributed by atoms with Crippen molar-refractivity contribution in [1.29, 1.82) is 0 Å². The molecule has 0 atom stereocenters. The first kappa shape index (κ1) is 17.9. The number of carboxylic acid groups (broad SMARTS) is 1. The van der Waals surface area contributed by atoms with Crippen molar-refractivity contribution in [3.8, 4) is 0 Å². The molecule has 4 N–H and O–H groups in total. The van der Waals surface area contributed by atoms with Crippen LogP contribution in [0.25, 0.3) is 0 Å². The zero-order valence-electron chi connectivity index (χ0n) is 12.8. The topological polar surface area (TPSA) is 116 Å². The van der Waals surface area contributed by atoms with Crippen LogP contribution in [0.1, 0.15) is 15.9 Å². The van der Waals surface area contributed by atoms with Crippen molar-refractivity contribution in [2.75, 3.05) is 18.5 Å². The summed E-state index contributed by atoms with van der Waals surface area (Å²) < 4.78 is 27.1. The molecule has 0 radical (unpaired) electrons. The normalized spacial score (nSPS) is 11.2. The molecule has 0 saturated carbocycles. The smallest absolute Gasteiger partial charge is 0.337 e. The van der Waals surface area contributed by atoms with Crippen LogP contribution >= 0.6 is 0 Å². The highest BCUT2D eigenvalue weighted by atomic mass is 32.2. The Balaban J connectivity index is 2.23. The summed E-state index contributed by atoms with van der Waals surface area (Å²) in [7, 11) is -3.84. The molecule has 0 spiro atoms. The summed E-state index contributed by atoms with van der Waals surface area (Å²) in [6.45, 7) is 0.104. The molecular weight excluding hydrogens is 332 g/mol. The van der Waals surface area contributed by atoms with E-state index in [0.29, 0.717) is 0 Å². The van der Waals surface area contributed by atoms with Crippen molar-refractivity contribution < 1.29 is 23.4 Å². The lowest BCUT2D eigenvalue weighted by atomic mass is 10.2. The van der Waals surface area contributed by atoms with Crippen molar-refractivity contribution in [3.05, 3.63) is 59.7 Å². The van der Waals surface area contributed by atoms with Crippen LogP contribution < -0.4 is 10.0 Å². The molecule has 128 valence electrons. The number of aliphatic hydroxyl groups excluding tert-OH is 1. The third-order valence-corrected chi connectivity index (χ3v) is 4.67. The fraction of sp³-hybridized carbons (Fsp3) is 0.188. The van der Waals surface area contributed by atoms with Gasteiger partial charge < -0.3 is 15.5 Å². The predicted octanol–water partition coefficient (Wildman–Crippen LogP) is 1.27. The molecule has 0 bridgehead atoms. The van der Waals surface area contributed by atoms with Crippen LogP contribution in [0.5, 0.6) is 0 Å². The Morgan fingerprint density at radius 1 is 1.08 bits per heavy atom. The maximum absolute atomic E-state index is 12.3. The van der Waals surface area contributed by atoms with Gasteiger partial charge in [0.2, 0.25) is 10.0 Å². The zero-order chi connectivity index (χ0) is 17.6. The molecule has 7 nitrogen and oxygen atoms in total. The van der Waals surface area contributed by atoms with Gasteiger partial charge in [0.25, 0.3) is 0 Å². The van der Waals surface area contributed by atoms with Crippen LogP contribution in [0.4, 0.5) is 5.69 Å². The molecular formula is C16H18N2O5S. The molecule has 0 unspecified atom stereocenters. The largest absolute Gasteiger partial charge is 0.478 e. The van der Waals surface area contributed by atoms with E-state index in [-0.39, 0.29) is 35.8 Å². The minimum Gasteiger partial charge on any atom is -0.478 e. The van der Waals surface area contributed by atoms with E-state index in [2.05, 4.69) is 10.0 Å². The second-order valence-electron chi connectivity index (χ2n) is 4.97. The van der Waals surface area contributed by atoms with E-state index >= 15 is 0 Å². The number of nitrogens with one attached hydrogen (secondary N) is 2. The van der Waals surface area contributed by atoms with Crippen LogP contribution in [-0.4, -0.2) is 37.8 Å². The van der Waals surface area contributed by atoms with Gasteiger partial charge in [-0.1, -0.05) is 30.3 Å². The van der Waals surface area contributed by atoms with Crippen molar-refractivity contribution in [2.24, 2.45) is 0 Å². The monoisotopic (exact) mass is 350 g/mol. The summed E-state index contributed by atoms with van der Waals surface area (Å²) in [4.78, 5) is 11.2. The highest BCUT2D eigenvalue weighted by Crippen LogP contribution is 2.21. The molecule has 0 heterocycles. The predicted molar refractivity (Wildman–Crippen MR) is 89.4 cm³/mol. The van der Waals surface area contributed by atoms with E-state index in [4.69, 9.17) is 5.11 Å². The number of hydrogen-bond acceptors (Lipinski definition) is 5. The van der Waals surface area contributed by atoms with Crippen LogP contribution in [0.15, 0.2) is 53.4 Å². The molecule has 0 amide bonds. The van der Waals surface area contributed by atoms with Crippen LogP contribution in [0.3, 0.4) is 0 Å². The van der Waals surface area contributed by atoms with Crippen molar-refractivity contribution in [1.82, 2.24) is 4.72 Å². The summed E-state index contributed by atoms with van der Waals surface area (Å²) >= 11 is 0. The second kappa shape index (κ2) is 7.91. The number of anilines is 1. The van der Waals surface area contributed by atoms with Gasteiger partial charge in [-0.15, -0.1) is 0 Å². The number of carbonyl (C=O) groups is 1. The highest BCUT2D eigenvalue weighted by Gasteiger charge is 2.18. The third-order valence-electron chi connectivity index (χ3n) is 3.27. The van der Waals surface area contributed by atoms with E-state index in [1.807, 2.05) is 6.07 Å². The lowest BCUT2D eigenvalue weighted by Crippen LogP contribution is -2.23. The van der Waals surface area contributed by atoms with E-state index in [0.717, 1.165) is 11.6 Å². The fourth-order valence-electron chi connectivity index (χ4n) is 2.07. The Morgan fingerprint density at radius 2 is 1.79 bits per heavy atom. The number of carboxylic acids is 1. The van der Waals surface area contributed by atoms with Crippen molar-refractivity contribution >= 4 is 21.7 Å². The van der Waals surface area contributed by atoms with E-state index < -0.39 is 16.0 Å². The third kappa shape index (κ3) is 4.54. The zero-order valence-corrected chi connectivity index (χ0v) is 13.6. The SMILES string of the molecule is O=C(O)c1cc(S(=O)(=O)NCc2ccccc2)ccc1NCCO. The molecule has 0 saturated heterocycles. The summed E-state index contributed by atoms with van der Waals surface area (Å²) in [5, 5.41) is 20.8. The molecule has 8 heteroatoms. The molecule has 2 aromatic carbocycles. The number of hydrogen-bond donors (Lipinski definition) is 4. The Bertz CT molecular complexity index is 806. The lowest BCUT2D eigenvalue weighted by Gasteiger charge is -2.11. The van der Waals surface area contributed by atoms with Gasteiger partial charge in [0.15, 0.2) is 0 Å². The van der Waals surface area contributed by atoms with E-state index in [9.17, 15) is 18.3 Å². The molecule has 2 aromatic rings. The Morgan fingerprint density at radius 3 is 2.42 bits per heavy atom. The van der Waals surface area contributed by atoms with Crippen LogP contribution in [0.2, 0.25) is 0 Å². The van der Waals surface area contributed by atoms with Gasteiger partial charge in [-0.25, -0.2) is 17.9 Å². The Kier molecular flexibility index (Phi) is 5.91. The maximum atomic E-state index is 12.3. The molecule has 0 aliphatic heterocycles. The first-order valence-corrected chi connectivity index (χ1v) is 8.68. The number of sulfonamides is 1. The quantitative estimate of drug-likeness (QED) is 0.570. The van der Waals surface area contributed by atoms with Gasteiger partial charge in [0, 0.05) is 18.8 Å². The second-order valence-corrected chi connectivity index (χ2v) is 6.74. The average molecular weight is 350 g/mol. The van der Waals surface area contributed by atoms with Crippen molar-refractivity contribution in [3.63, 3.8) is 0 Å². The standard InChI is InChI=1S/C16H18N2O5S/c19-9-8-17-15-7-6-13(10-14(15)16(20)21)24(22,23)18-11-12-4-2-1-3-5-12/h1-7,10,17-19H,8-9,11H2,(H,20,21). The molecule has 0 aliphatic rings. The highest BCUT2D eigenvalue weighted by molar-refractivity contribution is 7.89. The maximum Gasteiger partial charge on any atom is 0.337 e. The van der Waals surface area contributed by atoms with E-state index in [1.165, 1.54) is 12.1 Å². The van der Waals surface area contributed by atoms with Gasteiger partial charge in [0.1, 0.15) is 0 Å². The summed E-state index contributed by atoms with van der Waals surface area (Å²) in [6.07, 6.45) is 0. The van der Waals surface area contributed by atoms with Crippen molar-refractivity contribution in [2.45, 2.75) is 11.4 Å². The minimum atomic E-state index is -3.84. The van der Waals surface area contributed by atoms with E-state index in [1.54, 1.807) is 24.3 Å². The van der Waals surface area contributed by atoms with Crippen LogP contribution in [-0.2, 0) is 16.6 Å². The van der Waals surface area contributed by atoms with Gasteiger partial charge in [-0.05, 0) is 23.8 Å². The van der Waals surface area contributed by atoms with Crippen LogP contribution in [0, 0.1) is 0 Å².